The zero-order chi connectivity index (χ0) is 12.7. The van der Waals surface area contributed by atoms with Crippen LogP contribution in [0.25, 0.3) is 0 Å². The lowest BCUT2D eigenvalue weighted by Crippen LogP contribution is -2.29. The lowest BCUT2D eigenvalue weighted by atomic mass is 10.0. The van der Waals surface area contributed by atoms with Gasteiger partial charge in [0, 0.05) is 26.4 Å². The van der Waals surface area contributed by atoms with Gasteiger partial charge in [-0.05, 0) is 6.42 Å². The van der Waals surface area contributed by atoms with Crippen molar-refractivity contribution in [3.05, 3.63) is 0 Å². The Kier molecular flexibility index (Phi) is 5.58. The highest BCUT2D eigenvalue weighted by Crippen LogP contribution is 2.09. The smallest absolute Gasteiger partial charge is 0.238 e. The summed E-state index contributed by atoms with van der Waals surface area (Å²) < 4.78 is 0. The van der Waals surface area contributed by atoms with Crippen LogP contribution in [0.15, 0.2) is 0 Å². The largest absolute Gasteiger partial charge is 0.274 e. The van der Waals surface area contributed by atoms with Crippen LogP contribution in [0, 0.1) is 28.8 Å². The van der Waals surface area contributed by atoms with E-state index in [9.17, 15) is 9.59 Å². The lowest BCUT2D eigenvalue weighted by molar-refractivity contribution is -0.131. The fourth-order valence-electron chi connectivity index (χ4n) is 1.07. The van der Waals surface area contributed by atoms with Crippen LogP contribution < -0.4 is 0 Å². The normalized spacial score (nSPS) is 10.8. The molecule has 0 heterocycles. The van der Waals surface area contributed by atoms with Gasteiger partial charge in [0.25, 0.3) is 0 Å². The van der Waals surface area contributed by atoms with Crippen molar-refractivity contribution in [3.63, 3.8) is 0 Å². The molecule has 1 unspecified atom stereocenters. The summed E-state index contributed by atoms with van der Waals surface area (Å²) in [5, 5.41) is 16.9. The zero-order valence-corrected chi connectivity index (χ0v) is 9.60. The number of carbonyl (C=O) groups is 2. The van der Waals surface area contributed by atoms with Gasteiger partial charge in [-0.2, -0.15) is 10.5 Å². The summed E-state index contributed by atoms with van der Waals surface area (Å²) in [6.45, 7) is 1.65. The number of nitrogens with zero attached hydrogens (tertiary/aromatic N) is 4. The first-order valence-corrected chi connectivity index (χ1v) is 4.77. The molecule has 0 radical (unpaired) electrons. The predicted molar refractivity (Wildman–Crippen MR) is 55.2 cm³/mol. The number of hydrogen-bond acceptors (Lipinski definition) is 4. The summed E-state index contributed by atoms with van der Waals surface area (Å²) in [6, 6.07) is 0. The Hall–Kier alpha value is -2.08. The second-order valence-electron chi connectivity index (χ2n) is 3.49. The molecule has 1 atom stereocenters. The minimum atomic E-state index is -0.402. The van der Waals surface area contributed by atoms with Gasteiger partial charge in [-0.25, -0.2) is 0 Å². The monoisotopic (exact) mass is 222 g/mol. The van der Waals surface area contributed by atoms with Crippen molar-refractivity contribution in [1.29, 1.82) is 10.5 Å². The van der Waals surface area contributed by atoms with Gasteiger partial charge in [0.1, 0.15) is 0 Å². The quantitative estimate of drug-likeness (QED) is 0.505. The SMILES string of the molecule is CC(CCC(=O)N(C)C#N)C(=O)N(C)C#N. The molecule has 0 spiro atoms. The molecule has 0 aliphatic heterocycles. The minimum Gasteiger partial charge on any atom is -0.274 e. The zero-order valence-electron chi connectivity index (χ0n) is 9.60. The average molecular weight is 222 g/mol. The molecule has 0 fully saturated rings. The van der Waals surface area contributed by atoms with Crippen LogP contribution in [0.5, 0.6) is 0 Å². The van der Waals surface area contributed by atoms with E-state index in [4.69, 9.17) is 10.5 Å². The minimum absolute atomic E-state index is 0.121. The van der Waals surface area contributed by atoms with Crippen LogP contribution in [0.2, 0.25) is 0 Å². The second-order valence-corrected chi connectivity index (χ2v) is 3.49. The Morgan fingerprint density at radius 3 is 2.12 bits per heavy atom. The highest BCUT2D eigenvalue weighted by Gasteiger charge is 2.19. The van der Waals surface area contributed by atoms with E-state index in [2.05, 4.69) is 0 Å². The van der Waals surface area contributed by atoms with Gasteiger partial charge in [0.15, 0.2) is 12.4 Å². The molecule has 6 nitrogen and oxygen atoms in total. The standard InChI is InChI=1S/C10H14N4O2/c1-8(10(16)14(3)7-12)4-5-9(15)13(2)6-11/h8H,4-5H2,1-3H3. The van der Waals surface area contributed by atoms with Gasteiger partial charge in [-0.3, -0.25) is 19.4 Å². The van der Waals surface area contributed by atoms with E-state index in [1.807, 2.05) is 0 Å². The first kappa shape index (κ1) is 13.9. The molecule has 0 saturated heterocycles. The van der Waals surface area contributed by atoms with Crippen LogP contribution in [0.1, 0.15) is 19.8 Å². The maximum atomic E-state index is 11.4. The number of carbonyl (C=O) groups excluding carboxylic acids is 2. The van der Waals surface area contributed by atoms with Gasteiger partial charge in [-0.1, -0.05) is 6.92 Å². The van der Waals surface area contributed by atoms with Crippen molar-refractivity contribution < 1.29 is 9.59 Å². The number of rotatable bonds is 4. The van der Waals surface area contributed by atoms with Gasteiger partial charge in [0.05, 0.1) is 0 Å². The Labute approximate surface area is 94.7 Å². The van der Waals surface area contributed by atoms with Crippen LogP contribution in [-0.2, 0) is 9.59 Å². The van der Waals surface area contributed by atoms with Gasteiger partial charge < -0.3 is 0 Å². The van der Waals surface area contributed by atoms with Crippen molar-refractivity contribution in [1.82, 2.24) is 9.80 Å². The third-order valence-corrected chi connectivity index (χ3v) is 2.22. The highest BCUT2D eigenvalue weighted by atomic mass is 16.2. The number of hydrogen-bond donors (Lipinski definition) is 0. The van der Waals surface area contributed by atoms with Crippen molar-refractivity contribution in [2.24, 2.45) is 5.92 Å². The summed E-state index contributed by atoms with van der Waals surface area (Å²) >= 11 is 0. The van der Waals surface area contributed by atoms with E-state index in [1.165, 1.54) is 14.1 Å². The van der Waals surface area contributed by atoms with E-state index >= 15 is 0 Å². The third-order valence-electron chi connectivity index (χ3n) is 2.22. The van der Waals surface area contributed by atoms with Gasteiger partial charge >= 0.3 is 0 Å². The summed E-state index contributed by atoms with van der Waals surface area (Å²) in [4.78, 5) is 24.5. The molecular formula is C10H14N4O2. The lowest BCUT2D eigenvalue weighted by Gasteiger charge is -2.14. The highest BCUT2D eigenvalue weighted by molar-refractivity contribution is 5.81. The molecule has 0 aromatic carbocycles. The molecule has 2 amide bonds. The van der Waals surface area contributed by atoms with Crippen molar-refractivity contribution in [3.8, 4) is 12.4 Å². The molecule has 0 N–H and O–H groups in total. The second kappa shape index (κ2) is 6.41. The average Bonchev–Trinajstić information content (AvgIpc) is 2.32. The molecule has 6 heteroatoms. The summed E-state index contributed by atoms with van der Waals surface area (Å²) in [5.41, 5.74) is 0. The van der Waals surface area contributed by atoms with Crippen molar-refractivity contribution >= 4 is 11.8 Å². The van der Waals surface area contributed by atoms with Crippen LogP contribution >= 0.6 is 0 Å². The van der Waals surface area contributed by atoms with E-state index in [1.54, 1.807) is 19.3 Å². The van der Waals surface area contributed by atoms with E-state index in [-0.39, 0.29) is 18.2 Å². The Bertz CT molecular complexity index is 353. The number of amides is 2. The molecule has 0 rings (SSSR count). The Balaban J connectivity index is 4.15. The molecule has 0 bridgehead atoms. The van der Waals surface area contributed by atoms with Gasteiger partial charge in [0.2, 0.25) is 11.8 Å². The maximum absolute atomic E-state index is 11.4. The molecule has 0 aliphatic rings. The molecule has 86 valence electrons. The Morgan fingerprint density at radius 1 is 1.19 bits per heavy atom. The van der Waals surface area contributed by atoms with E-state index < -0.39 is 5.92 Å². The van der Waals surface area contributed by atoms with Crippen LogP contribution in [0.3, 0.4) is 0 Å². The first-order valence-electron chi connectivity index (χ1n) is 4.77. The fraction of sp³-hybridized carbons (Fsp3) is 0.600. The fourth-order valence-corrected chi connectivity index (χ4v) is 1.07. The molecule has 0 aliphatic carbocycles. The summed E-state index contributed by atoms with van der Waals surface area (Å²) in [7, 11) is 2.75. The van der Waals surface area contributed by atoms with Gasteiger partial charge in [-0.15, -0.1) is 0 Å². The Morgan fingerprint density at radius 2 is 1.69 bits per heavy atom. The van der Waals surface area contributed by atoms with E-state index in [0.717, 1.165) is 9.80 Å². The third kappa shape index (κ3) is 3.97. The van der Waals surface area contributed by atoms with Crippen LogP contribution in [0.4, 0.5) is 0 Å². The number of nitriles is 2. The predicted octanol–water partition coefficient (Wildman–Crippen LogP) is 0.282. The molecular weight excluding hydrogens is 208 g/mol. The molecule has 0 aromatic heterocycles. The summed E-state index contributed by atoms with van der Waals surface area (Å²) in [5.74, 6) is -1.06. The molecule has 0 aromatic rings. The topological polar surface area (TPSA) is 88.2 Å². The molecule has 0 saturated carbocycles. The maximum Gasteiger partial charge on any atom is 0.238 e. The first-order chi connectivity index (χ1) is 7.43. The van der Waals surface area contributed by atoms with Crippen LogP contribution in [-0.4, -0.2) is 35.7 Å². The molecule has 16 heavy (non-hydrogen) atoms. The van der Waals surface area contributed by atoms with Crippen molar-refractivity contribution in [2.45, 2.75) is 19.8 Å². The van der Waals surface area contributed by atoms with E-state index in [0.29, 0.717) is 6.42 Å². The van der Waals surface area contributed by atoms with Crippen molar-refractivity contribution in [2.75, 3.05) is 14.1 Å². The summed E-state index contributed by atoms with van der Waals surface area (Å²) in [6.07, 6.45) is 3.84.